The molecule has 4 rings (SSSR count). The number of rotatable bonds is 5. The maximum absolute atomic E-state index is 13.4. The largest absolute Gasteiger partial charge is 0.302 e. The molecule has 0 saturated carbocycles. The van der Waals surface area contributed by atoms with Crippen LogP contribution in [0.2, 0.25) is 0 Å². The number of H-pyrrole nitrogens is 1. The van der Waals surface area contributed by atoms with Crippen LogP contribution in [0.15, 0.2) is 94.6 Å². The summed E-state index contributed by atoms with van der Waals surface area (Å²) in [7, 11) is 0. The lowest BCUT2D eigenvalue weighted by Gasteiger charge is -2.23. The van der Waals surface area contributed by atoms with Crippen LogP contribution < -0.4 is 16.0 Å². The average molecular weight is 416 g/mol. The van der Waals surface area contributed by atoms with Crippen molar-refractivity contribution in [1.29, 1.82) is 0 Å². The molecule has 0 aliphatic heterocycles. The molecule has 8 heteroatoms. The van der Waals surface area contributed by atoms with E-state index in [4.69, 9.17) is 0 Å². The molecule has 0 aliphatic carbocycles. The van der Waals surface area contributed by atoms with E-state index in [2.05, 4.69) is 10.1 Å². The predicted octanol–water partition coefficient (Wildman–Crippen LogP) is 2.91. The highest BCUT2D eigenvalue weighted by molar-refractivity contribution is 6.06. The number of carbonyl (C=O) groups excluding carboxylic acids is 1. The van der Waals surface area contributed by atoms with Crippen molar-refractivity contribution in [2.24, 2.45) is 0 Å². The summed E-state index contributed by atoms with van der Waals surface area (Å²) in [5, 5.41) is 2.44. The molecule has 0 unspecified atom stereocenters. The molecule has 2 heterocycles. The minimum Gasteiger partial charge on any atom is -0.302 e. The number of benzene rings is 2. The highest BCUT2D eigenvalue weighted by Gasteiger charge is 2.19. The number of anilines is 1. The van der Waals surface area contributed by atoms with Crippen LogP contribution >= 0.6 is 0 Å². The van der Waals surface area contributed by atoms with Crippen molar-refractivity contribution >= 4 is 11.6 Å². The Bertz CT molecular complexity index is 1330. The van der Waals surface area contributed by atoms with Crippen molar-refractivity contribution in [3.8, 4) is 5.69 Å². The van der Waals surface area contributed by atoms with Crippen LogP contribution in [0.25, 0.3) is 5.69 Å². The predicted molar refractivity (Wildman–Crippen MR) is 114 cm³/mol. The number of halogens is 1. The third-order valence-corrected chi connectivity index (χ3v) is 4.60. The van der Waals surface area contributed by atoms with Gasteiger partial charge in [0.25, 0.3) is 17.0 Å². The quantitative estimate of drug-likeness (QED) is 0.542. The SMILES string of the molecule is O=C(c1cccc(-n2[nH]c(=O)ccc2=O)c1)N(Cc1ccccn1)c1ccc(F)cc1. The van der Waals surface area contributed by atoms with E-state index in [1.54, 1.807) is 36.5 Å². The summed E-state index contributed by atoms with van der Waals surface area (Å²) in [5.41, 5.74) is 0.889. The lowest BCUT2D eigenvalue weighted by molar-refractivity contribution is 0.0984. The maximum Gasteiger partial charge on any atom is 0.269 e. The first-order valence-corrected chi connectivity index (χ1v) is 9.41. The fraction of sp³-hybridized carbons (Fsp3) is 0.0435. The van der Waals surface area contributed by atoms with Gasteiger partial charge in [0.1, 0.15) is 5.82 Å². The summed E-state index contributed by atoms with van der Waals surface area (Å²) in [5.74, 6) is -0.783. The van der Waals surface area contributed by atoms with Crippen LogP contribution in [0.5, 0.6) is 0 Å². The van der Waals surface area contributed by atoms with E-state index in [0.717, 1.165) is 16.8 Å². The zero-order valence-corrected chi connectivity index (χ0v) is 16.2. The van der Waals surface area contributed by atoms with E-state index >= 15 is 0 Å². The van der Waals surface area contributed by atoms with Crippen LogP contribution in [-0.2, 0) is 6.54 Å². The van der Waals surface area contributed by atoms with Crippen molar-refractivity contribution in [2.75, 3.05) is 4.90 Å². The van der Waals surface area contributed by atoms with Crippen LogP contribution in [-0.4, -0.2) is 20.7 Å². The Morgan fingerprint density at radius 2 is 1.77 bits per heavy atom. The second kappa shape index (κ2) is 8.58. The van der Waals surface area contributed by atoms with Crippen molar-refractivity contribution < 1.29 is 9.18 Å². The highest BCUT2D eigenvalue weighted by Crippen LogP contribution is 2.21. The number of aromatic amines is 1. The molecule has 154 valence electrons. The number of aromatic nitrogens is 3. The second-order valence-corrected chi connectivity index (χ2v) is 6.72. The summed E-state index contributed by atoms with van der Waals surface area (Å²) in [6.07, 6.45) is 1.63. The van der Waals surface area contributed by atoms with E-state index in [1.165, 1.54) is 35.2 Å². The number of nitrogens with one attached hydrogen (secondary N) is 1. The van der Waals surface area contributed by atoms with Crippen molar-refractivity contribution in [2.45, 2.75) is 6.54 Å². The minimum atomic E-state index is -0.445. The van der Waals surface area contributed by atoms with Crippen LogP contribution in [0, 0.1) is 5.82 Å². The fourth-order valence-electron chi connectivity index (χ4n) is 3.10. The molecule has 0 aliphatic rings. The third-order valence-electron chi connectivity index (χ3n) is 4.60. The van der Waals surface area contributed by atoms with Gasteiger partial charge in [-0.05, 0) is 54.6 Å². The number of nitrogens with zero attached hydrogens (tertiary/aromatic N) is 3. The lowest BCUT2D eigenvalue weighted by atomic mass is 10.1. The monoisotopic (exact) mass is 416 g/mol. The third kappa shape index (κ3) is 4.48. The Kier molecular flexibility index (Phi) is 5.53. The Morgan fingerprint density at radius 3 is 2.52 bits per heavy atom. The van der Waals surface area contributed by atoms with Gasteiger partial charge in [-0.1, -0.05) is 12.1 Å². The van der Waals surface area contributed by atoms with Gasteiger partial charge in [0.05, 0.1) is 17.9 Å². The summed E-state index contributed by atoms with van der Waals surface area (Å²) in [6, 6.07) is 19.6. The molecule has 0 saturated heterocycles. The Morgan fingerprint density at radius 1 is 0.968 bits per heavy atom. The van der Waals surface area contributed by atoms with Gasteiger partial charge >= 0.3 is 0 Å². The van der Waals surface area contributed by atoms with Crippen molar-refractivity contribution in [3.63, 3.8) is 0 Å². The number of amides is 1. The molecule has 1 amide bonds. The molecule has 31 heavy (non-hydrogen) atoms. The topological polar surface area (TPSA) is 88.1 Å². The first-order chi connectivity index (χ1) is 15.0. The second-order valence-electron chi connectivity index (χ2n) is 6.72. The molecule has 7 nitrogen and oxygen atoms in total. The number of hydrogen-bond donors (Lipinski definition) is 1. The van der Waals surface area contributed by atoms with Crippen molar-refractivity contribution in [3.05, 3.63) is 123 Å². The molecule has 2 aromatic heterocycles. The molecule has 0 atom stereocenters. The minimum absolute atomic E-state index is 0.164. The van der Waals surface area contributed by atoms with Gasteiger partial charge in [0, 0.05) is 29.6 Å². The smallest absolute Gasteiger partial charge is 0.269 e. The van der Waals surface area contributed by atoms with E-state index in [1.807, 2.05) is 6.07 Å². The summed E-state index contributed by atoms with van der Waals surface area (Å²) >= 11 is 0. The van der Waals surface area contributed by atoms with Gasteiger partial charge in [-0.3, -0.25) is 24.5 Å². The van der Waals surface area contributed by atoms with Gasteiger partial charge in [0.2, 0.25) is 0 Å². The number of carbonyl (C=O) groups is 1. The molecule has 0 fully saturated rings. The zero-order valence-electron chi connectivity index (χ0n) is 16.2. The van der Waals surface area contributed by atoms with Gasteiger partial charge in [0.15, 0.2) is 0 Å². The average Bonchev–Trinajstić information content (AvgIpc) is 2.80. The van der Waals surface area contributed by atoms with Crippen LogP contribution in [0.4, 0.5) is 10.1 Å². The van der Waals surface area contributed by atoms with E-state index in [9.17, 15) is 18.8 Å². The highest BCUT2D eigenvalue weighted by atomic mass is 19.1. The standard InChI is InChI=1S/C23H17FN4O3/c24-17-7-9-19(10-8-17)27(15-18-5-1-2-13-25-18)23(31)16-4-3-6-20(14-16)28-22(30)12-11-21(29)26-28/h1-14H,15H2,(H,26,29). The van der Waals surface area contributed by atoms with Gasteiger partial charge in [-0.15, -0.1) is 0 Å². The molecule has 0 spiro atoms. The Labute approximate surface area is 176 Å². The van der Waals surface area contributed by atoms with Gasteiger partial charge in [-0.2, -0.15) is 0 Å². The van der Waals surface area contributed by atoms with E-state index < -0.39 is 16.9 Å². The molecule has 4 aromatic rings. The summed E-state index contributed by atoms with van der Waals surface area (Å²) < 4.78 is 14.5. The van der Waals surface area contributed by atoms with E-state index in [0.29, 0.717) is 17.1 Å². The van der Waals surface area contributed by atoms with Gasteiger partial charge < -0.3 is 4.90 Å². The molecular formula is C23H17FN4O3. The summed E-state index contributed by atoms with van der Waals surface area (Å²) in [6.45, 7) is 0.164. The first kappa shape index (κ1) is 20.0. The zero-order chi connectivity index (χ0) is 21.8. The van der Waals surface area contributed by atoms with Crippen molar-refractivity contribution in [1.82, 2.24) is 14.8 Å². The van der Waals surface area contributed by atoms with Gasteiger partial charge in [-0.25, -0.2) is 9.07 Å². The molecule has 2 aromatic carbocycles. The molecular weight excluding hydrogens is 399 g/mol. The summed E-state index contributed by atoms with van der Waals surface area (Å²) in [4.78, 5) is 42.9. The fourth-order valence-corrected chi connectivity index (χ4v) is 3.10. The molecule has 0 bridgehead atoms. The Hall–Kier alpha value is -4.33. The van der Waals surface area contributed by atoms with Crippen LogP contribution in [0.3, 0.4) is 0 Å². The lowest BCUT2D eigenvalue weighted by Crippen LogP contribution is -2.31. The first-order valence-electron chi connectivity index (χ1n) is 9.41. The number of hydrogen-bond acceptors (Lipinski definition) is 4. The normalized spacial score (nSPS) is 10.6. The maximum atomic E-state index is 13.4. The number of pyridine rings is 1. The molecule has 0 radical (unpaired) electrons. The van der Waals surface area contributed by atoms with E-state index in [-0.39, 0.29) is 18.0 Å². The van der Waals surface area contributed by atoms with Crippen LogP contribution in [0.1, 0.15) is 16.1 Å². The Balaban J connectivity index is 1.74. The molecule has 1 N–H and O–H groups in total.